The van der Waals surface area contributed by atoms with Crippen LogP contribution in [0.15, 0.2) is 24.3 Å². The summed E-state index contributed by atoms with van der Waals surface area (Å²) in [4.78, 5) is 0. The summed E-state index contributed by atoms with van der Waals surface area (Å²) in [6, 6.07) is 4.43. The van der Waals surface area contributed by atoms with E-state index in [1.54, 1.807) is 13.8 Å². The first-order valence-electron chi connectivity index (χ1n) is 15.3. The summed E-state index contributed by atoms with van der Waals surface area (Å²) in [7, 11) is 0. The van der Waals surface area contributed by atoms with E-state index in [1.807, 2.05) is 0 Å². The van der Waals surface area contributed by atoms with Crippen molar-refractivity contribution in [3.63, 3.8) is 0 Å². The highest BCUT2D eigenvalue weighted by Crippen LogP contribution is 2.57. The predicted octanol–water partition coefficient (Wildman–Crippen LogP) is 4.15. The maximum absolute atomic E-state index is 11.5. The summed E-state index contributed by atoms with van der Waals surface area (Å²) in [6.07, 6.45) is -5.50. The standard InChI is InChI=1S/C35H36O14/c1-10-22-28(44)16(24(40)12(3)32(22)48-34(26(10)42)14-5-18(36)30(46)19(37)6-14)9-17-25(41)13(4)33-23(29(17)45)11(2)27(43)35(49-33)15-7-20(38)31(47)21(39)8-15/h5-8,10-11,26-27,34-47H,9H2,1-4H3. The van der Waals surface area contributed by atoms with Crippen molar-refractivity contribution in [2.24, 2.45) is 0 Å². The zero-order valence-electron chi connectivity index (χ0n) is 26.7. The fourth-order valence-corrected chi connectivity index (χ4v) is 6.87. The van der Waals surface area contributed by atoms with Gasteiger partial charge in [0.15, 0.2) is 46.7 Å². The molecule has 0 amide bonds. The summed E-state index contributed by atoms with van der Waals surface area (Å²) >= 11 is 0. The van der Waals surface area contributed by atoms with Crippen molar-refractivity contribution in [2.45, 2.75) is 70.4 Å². The molecule has 4 aromatic carbocycles. The van der Waals surface area contributed by atoms with Crippen LogP contribution in [0.3, 0.4) is 0 Å². The molecule has 0 saturated heterocycles. The van der Waals surface area contributed by atoms with Crippen LogP contribution in [-0.2, 0) is 6.42 Å². The quantitative estimate of drug-likeness (QED) is 0.135. The Bertz CT molecular complexity index is 1830. The van der Waals surface area contributed by atoms with Gasteiger partial charge >= 0.3 is 0 Å². The van der Waals surface area contributed by atoms with E-state index < -0.39 is 100 Å². The van der Waals surface area contributed by atoms with Gasteiger partial charge in [0, 0.05) is 62.8 Å². The molecular weight excluding hydrogens is 644 g/mol. The van der Waals surface area contributed by atoms with Crippen molar-refractivity contribution in [2.75, 3.05) is 0 Å². The molecule has 0 radical (unpaired) electrons. The van der Waals surface area contributed by atoms with Crippen LogP contribution in [0.25, 0.3) is 0 Å². The number of ether oxygens (including phenoxy) is 2. The maximum Gasteiger partial charge on any atom is 0.200 e. The molecule has 14 nitrogen and oxygen atoms in total. The number of aliphatic hydroxyl groups is 2. The Morgan fingerprint density at radius 1 is 0.490 bits per heavy atom. The molecule has 14 heteroatoms. The minimum atomic E-state index is -1.35. The molecule has 6 atom stereocenters. The van der Waals surface area contributed by atoms with Gasteiger partial charge < -0.3 is 70.8 Å². The van der Waals surface area contributed by atoms with Crippen molar-refractivity contribution >= 4 is 0 Å². The number of phenols is 10. The third-order valence-electron chi connectivity index (χ3n) is 9.77. The Balaban J connectivity index is 1.41. The van der Waals surface area contributed by atoms with Crippen LogP contribution in [0.1, 0.15) is 82.4 Å². The molecule has 2 aliphatic rings. The lowest BCUT2D eigenvalue weighted by Gasteiger charge is -2.38. The van der Waals surface area contributed by atoms with Gasteiger partial charge in [-0.1, -0.05) is 13.8 Å². The van der Waals surface area contributed by atoms with Crippen molar-refractivity contribution in [1.29, 1.82) is 0 Å². The fraction of sp³-hybridized carbons (Fsp3) is 0.314. The van der Waals surface area contributed by atoms with E-state index in [-0.39, 0.29) is 56.0 Å². The van der Waals surface area contributed by atoms with E-state index in [0.29, 0.717) is 0 Å². The van der Waals surface area contributed by atoms with Gasteiger partial charge in [0.2, 0.25) is 0 Å². The van der Waals surface area contributed by atoms with Gasteiger partial charge in [-0.25, -0.2) is 0 Å². The summed E-state index contributed by atoms with van der Waals surface area (Å²) in [5.74, 6) is -7.62. The van der Waals surface area contributed by atoms with Crippen LogP contribution in [0.5, 0.6) is 69.0 Å². The van der Waals surface area contributed by atoms with E-state index in [0.717, 1.165) is 24.3 Å². The van der Waals surface area contributed by atoms with Gasteiger partial charge in [-0.05, 0) is 38.1 Å². The predicted molar refractivity (Wildman–Crippen MR) is 170 cm³/mol. The summed E-state index contributed by atoms with van der Waals surface area (Å²) < 4.78 is 12.0. The Morgan fingerprint density at radius 2 is 0.796 bits per heavy atom. The molecule has 6 unspecified atom stereocenters. The Morgan fingerprint density at radius 3 is 1.10 bits per heavy atom. The van der Waals surface area contributed by atoms with Gasteiger partial charge in [0.1, 0.15) is 46.7 Å². The first-order valence-corrected chi connectivity index (χ1v) is 15.3. The van der Waals surface area contributed by atoms with Crippen molar-refractivity contribution in [3.05, 3.63) is 68.8 Å². The van der Waals surface area contributed by atoms with Gasteiger partial charge in [-0.15, -0.1) is 0 Å². The van der Waals surface area contributed by atoms with Crippen molar-refractivity contribution in [1.82, 2.24) is 0 Å². The third kappa shape index (κ3) is 4.94. The molecule has 0 saturated carbocycles. The maximum atomic E-state index is 11.5. The minimum Gasteiger partial charge on any atom is -0.507 e. The number of hydrogen-bond acceptors (Lipinski definition) is 14. The first kappa shape index (κ1) is 33.3. The van der Waals surface area contributed by atoms with E-state index >= 15 is 0 Å². The minimum absolute atomic E-state index is 0.0196. The summed E-state index contributed by atoms with van der Waals surface area (Å²) in [6.45, 7) is 6.16. The molecule has 4 aromatic rings. The topological polar surface area (TPSA) is 261 Å². The van der Waals surface area contributed by atoms with Crippen LogP contribution in [0.2, 0.25) is 0 Å². The fourth-order valence-electron chi connectivity index (χ4n) is 6.87. The number of aliphatic hydroxyl groups excluding tert-OH is 2. The van der Waals surface area contributed by atoms with Gasteiger partial charge in [0.25, 0.3) is 0 Å². The van der Waals surface area contributed by atoms with Crippen molar-refractivity contribution in [3.8, 4) is 69.0 Å². The average molecular weight is 681 g/mol. The third-order valence-corrected chi connectivity index (χ3v) is 9.77. The van der Waals surface area contributed by atoms with E-state index in [2.05, 4.69) is 0 Å². The molecule has 6 rings (SSSR count). The monoisotopic (exact) mass is 680 g/mol. The molecule has 0 spiro atoms. The highest BCUT2D eigenvalue weighted by Gasteiger charge is 2.43. The Labute approximate surface area is 278 Å². The molecular formula is C35H36O14. The number of rotatable bonds is 4. The molecule has 2 aliphatic heterocycles. The SMILES string of the molecule is Cc1c(O)c(Cc2c(O)c(C)c3c(c2O)C(C)C(O)C(c2cc(O)c(O)c(O)c2)O3)c(O)c2c1OC(c1cc(O)c(O)c(O)c1)C(O)C2C. The smallest absolute Gasteiger partial charge is 0.200 e. The van der Waals surface area contributed by atoms with Crippen LogP contribution in [0, 0.1) is 13.8 Å². The Hall–Kier alpha value is -5.60. The van der Waals surface area contributed by atoms with E-state index in [9.17, 15) is 61.3 Å². The zero-order chi connectivity index (χ0) is 36.0. The van der Waals surface area contributed by atoms with Crippen LogP contribution in [0.4, 0.5) is 0 Å². The summed E-state index contributed by atoms with van der Waals surface area (Å²) in [5, 5.41) is 128. The molecule has 260 valence electrons. The number of benzene rings is 4. The molecule has 2 heterocycles. The lowest BCUT2D eigenvalue weighted by Crippen LogP contribution is -2.34. The number of phenolic OH excluding ortho intramolecular Hbond substituents is 10. The largest absolute Gasteiger partial charge is 0.507 e. The highest BCUT2D eigenvalue weighted by atomic mass is 16.5. The van der Waals surface area contributed by atoms with Crippen LogP contribution >= 0.6 is 0 Å². The molecule has 0 aromatic heterocycles. The average Bonchev–Trinajstić information content (AvgIpc) is 3.05. The second-order valence-corrected chi connectivity index (χ2v) is 12.7. The van der Waals surface area contributed by atoms with Gasteiger partial charge in [-0.3, -0.25) is 0 Å². The normalized spacial score (nSPS) is 22.9. The first-order chi connectivity index (χ1) is 23.0. The van der Waals surface area contributed by atoms with Gasteiger partial charge in [0.05, 0.1) is 0 Å². The van der Waals surface area contributed by atoms with Crippen LogP contribution in [-0.4, -0.2) is 73.5 Å². The lowest BCUT2D eigenvalue weighted by atomic mass is 9.80. The van der Waals surface area contributed by atoms with Crippen LogP contribution < -0.4 is 9.47 Å². The van der Waals surface area contributed by atoms with E-state index in [4.69, 9.17) is 9.47 Å². The highest BCUT2D eigenvalue weighted by molar-refractivity contribution is 5.69. The molecule has 0 bridgehead atoms. The Kier molecular flexibility index (Phi) is 7.84. The molecule has 0 aliphatic carbocycles. The zero-order valence-corrected chi connectivity index (χ0v) is 26.7. The molecule has 49 heavy (non-hydrogen) atoms. The second kappa shape index (κ2) is 11.5. The molecule has 12 N–H and O–H groups in total. The second-order valence-electron chi connectivity index (χ2n) is 12.7. The number of aromatic hydroxyl groups is 10. The van der Waals surface area contributed by atoms with Crippen molar-refractivity contribution < 1.29 is 70.8 Å². The molecule has 0 fully saturated rings. The van der Waals surface area contributed by atoms with E-state index in [1.165, 1.54) is 13.8 Å². The summed E-state index contributed by atoms with van der Waals surface area (Å²) in [5.41, 5.74) is 0.514. The van der Waals surface area contributed by atoms with Gasteiger partial charge in [-0.2, -0.15) is 0 Å². The lowest BCUT2D eigenvalue weighted by molar-refractivity contribution is 0.00188. The number of hydrogen-bond donors (Lipinski definition) is 12. The number of fused-ring (bicyclic) bond motifs is 2.